The predicted octanol–water partition coefficient (Wildman–Crippen LogP) is 2.89. The van der Waals surface area contributed by atoms with Crippen LogP contribution in [0.2, 0.25) is 0 Å². The van der Waals surface area contributed by atoms with Crippen molar-refractivity contribution in [3.05, 3.63) is 54.4 Å². The van der Waals surface area contributed by atoms with Crippen molar-refractivity contribution in [1.29, 1.82) is 0 Å². The quantitative estimate of drug-likeness (QED) is 0.491. The second-order valence-electron chi connectivity index (χ2n) is 7.04. The van der Waals surface area contributed by atoms with E-state index in [9.17, 15) is 18.3 Å². The van der Waals surface area contributed by atoms with Gasteiger partial charge >= 0.3 is 6.18 Å². The number of aromatic nitrogens is 2. The van der Waals surface area contributed by atoms with Crippen LogP contribution < -0.4 is 11.1 Å². The van der Waals surface area contributed by atoms with Crippen molar-refractivity contribution in [3.8, 4) is 11.3 Å². The lowest BCUT2D eigenvalue weighted by atomic mass is 10.0. The van der Waals surface area contributed by atoms with Gasteiger partial charge in [-0.2, -0.15) is 28.5 Å². The van der Waals surface area contributed by atoms with Crippen molar-refractivity contribution in [2.45, 2.75) is 31.8 Å². The third kappa shape index (κ3) is 5.07. The van der Waals surface area contributed by atoms with E-state index >= 15 is 0 Å². The van der Waals surface area contributed by atoms with E-state index in [0.717, 1.165) is 11.1 Å². The summed E-state index contributed by atoms with van der Waals surface area (Å²) in [5, 5.41) is 26.8. The molecular formula is C20H23F3N6O. The molecule has 3 atom stereocenters. The standard InChI is InChI=1S/C20H23F3N6O/c1-13-5-6-15(11-16(13)17-4-2-8-25-28-17)27-19(30)18-10-14(20(21,22)23)12-29(18)26-9-3-7-24/h2-9,11,14,18-19,27,30H,10,12,24H2,1H3/b7-3-,26-9-/t14-,18?,19-/m1/s1. The van der Waals surface area contributed by atoms with E-state index in [-0.39, 0.29) is 13.0 Å². The topological polar surface area (TPSA) is 99.7 Å². The number of alkyl halides is 3. The molecule has 1 aromatic heterocycles. The first-order valence-electron chi connectivity index (χ1n) is 9.37. The van der Waals surface area contributed by atoms with Crippen LogP contribution >= 0.6 is 0 Å². The Morgan fingerprint density at radius 3 is 2.83 bits per heavy atom. The summed E-state index contributed by atoms with van der Waals surface area (Å²) < 4.78 is 39.7. The summed E-state index contributed by atoms with van der Waals surface area (Å²) in [6, 6.07) is 8.08. The number of hydrogen-bond donors (Lipinski definition) is 3. The molecule has 1 aromatic carbocycles. The van der Waals surface area contributed by atoms with Crippen LogP contribution in [0, 0.1) is 12.8 Å². The number of aliphatic hydroxyl groups excluding tert-OH is 1. The van der Waals surface area contributed by atoms with Crippen LogP contribution in [0.4, 0.5) is 18.9 Å². The van der Waals surface area contributed by atoms with Crippen molar-refractivity contribution < 1.29 is 18.3 Å². The second-order valence-corrected chi connectivity index (χ2v) is 7.04. The molecule has 1 aliphatic rings. The predicted molar refractivity (Wildman–Crippen MR) is 108 cm³/mol. The summed E-state index contributed by atoms with van der Waals surface area (Å²) in [7, 11) is 0. The van der Waals surface area contributed by atoms with Crippen LogP contribution in [0.3, 0.4) is 0 Å². The molecule has 0 radical (unpaired) electrons. The third-order valence-corrected chi connectivity index (χ3v) is 4.96. The number of hydrogen-bond acceptors (Lipinski definition) is 7. The van der Waals surface area contributed by atoms with Gasteiger partial charge in [0, 0.05) is 30.2 Å². The number of halogens is 3. The Bertz CT molecular complexity index is 903. The second kappa shape index (κ2) is 9.12. The molecule has 3 rings (SSSR count). The first-order valence-corrected chi connectivity index (χ1v) is 9.37. The molecule has 30 heavy (non-hydrogen) atoms. The van der Waals surface area contributed by atoms with Gasteiger partial charge in [-0.15, -0.1) is 0 Å². The average Bonchev–Trinajstić information content (AvgIpc) is 3.15. The number of rotatable bonds is 6. The molecule has 1 saturated heterocycles. The number of nitrogens with one attached hydrogen (secondary N) is 1. The van der Waals surface area contributed by atoms with Crippen LogP contribution in [0.15, 0.2) is 53.9 Å². The van der Waals surface area contributed by atoms with Crippen molar-refractivity contribution in [1.82, 2.24) is 15.2 Å². The van der Waals surface area contributed by atoms with E-state index in [1.807, 2.05) is 19.1 Å². The van der Waals surface area contributed by atoms with Gasteiger partial charge in [-0.1, -0.05) is 6.07 Å². The smallest absolute Gasteiger partial charge is 0.393 e. The zero-order chi connectivity index (χ0) is 21.7. The maximum atomic E-state index is 13.2. The van der Waals surface area contributed by atoms with E-state index in [1.54, 1.807) is 24.4 Å². The molecule has 7 nitrogen and oxygen atoms in total. The summed E-state index contributed by atoms with van der Waals surface area (Å²) in [6.45, 7) is 1.58. The Balaban J connectivity index is 1.80. The third-order valence-electron chi connectivity index (χ3n) is 4.96. The van der Waals surface area contributed by atoms with Gasteiger partial charge in [0.05, 0.1) is 17.7 Å². The van der Waals surface area contributed by atoms with Crippen LogP contribution in [0.1, 0.15) is 12.0 Å². The van der Waals surface area contributed by atoms with Crippen molar-refractivity contribution >= 4 is 11.9 Å². The average molecular weight is 420 g/mol. The number of anilines is 1. The minimum absolute atomic E-state index is 0.274. The molecule has 160 valence electrons. The maximum Gasteiger partial charge on any atom is 0.393 e. The zero-order valence-electron chi connectivity index (χ0n) is 16.3. The summed E-state index contributed by atoms with van der Waals surface area (Å²) >= 11 is 0. The number of hydrazone groups is 1. The van der Waals surface area contributed by atoms with Gasteiger partial charge in [0.15, 0.2) is 0 Å². The molecule has 0 bridgehead atoms. The molecule has 0 amide bonds. The molecule has 1 aliphatic heterocycles. The lowest BCUT2D eigenvalue weighted by Gasteiger charge is -2.27. The highest BCUT2D eigenvalue weighted by atomic mass is 19.4. The van der Waals surface area contributed by atoms with E-state index in [2.05, 4.69) is 20.6 Å². The number of benzene rings is 1. The highest BCUT2D eigenvalue weighted by Gasteiger charge is 2.49. The van der Waals surface area contributed by atoms with Gasteiger partial charge in [0.1, 0.15) is 6.23 Å². The normalized spacial score (nSPS) is 20.9. The van der Waals surface area contributed by atoms with E-state index in [1.165, 1.54) is 23.5 Å². The summed E-state index contributed by atoms with van der Waals surface area (Å²) in [4.78, 5) is 0. The fourth-order valence-corrected chi connectivity index (χ4v) is 3.38. The summed E-state index contributed by atoms with van der Waals surface area (Å²) in [5.41, 5.74) is 8.21. The fraction of sp³-hybridized carbons (Fsp3) is 0.350. The van der Waals surface area contributed by atoms with Crippen molar-refractivity contribution in [2.24, 2.45) is 16.8 Å². The van der Waals surface area contributed by atoms with Crippen LogP contribution in [0.25, 0.3) is 11.3 Å². The summed E-state index contributed by atoms with van der Waals surface area (Å²) in [6.07, 6.45) is -0.406. The molecule has 0 saturated carbocycles. The Hall–Kier alpha value is -3.14. The van der Waals surface area contributed by atoms with E-state index in [4.69, 9.17) is 5.73 Å². The van der Waals surface area contributed by atoms with Gasteiger partial charge in [0.25, 0.3) is 0 Å². The minimum Gasteiger partial charge on any atom is -0.405 e. The van der Waals surface area contributed by atoms with Gasteiger partial charge < -0.3 is 16.2 Å². The Kier molecular flexibility index (Phi) is 6.56. The zero-order valence-corrected chi connectivity index (χ0v) is 16.3. The van der Waals surface area contributed by atoms with Gasteiger partial charge in [-0.25, -0.2) is 0 Å². The monoisotopic (exact) mass is 420 g/mol. The number of aryl methyl sites for hydroxylation is 1. The molecule has 1 unspecified atom stereocenters. The molecule has 0 aliphatic carbocycles. The molecule has 1 fully saturated rings. The Morgan fingerprint density at radius 2 is 2.17 bits per heavy atom. The molecular weight excluding hydrogens is 397 g/mol. The first-order chi connectivity index (χ1) is 14.3. The Labute approximate surface area is 172 Å². The highest BCUT2D eigenvalue weighted by Crippen LogP contribution is 2.38. The minimum atomic E-state index is -4.37. The maximum absolute atomic E-state index is 13.2. The molecule has 2 heterocycles. The van der Waals surface area contributed by atoms with Crippen LogP contribution in [0.5, 0.6) is 0 Å². The fourth-order valence-electron chi connectivity index (χ4n) is 3.38. The molecule has 0 spiro atoms. The highest BCUT2D eigenvalue weighted by molar-refractivity contribution is 5.70. The van der Waals surface area contributed by atoms with Gasteiger partial charge in [-0.05, 0) is 55.4 Å². The number of aliphatic hydroxyl groups is 1. The summed E-state index contributed by atoms with van der Waals surface area (Å²) in [5.74, 6) is -1.58. The number of nitrogens with zero attached hydrogens (tertiary/aromatic N) is 4. The van der Waals surface area contributed by atoms with Crippen molar-refractivity contribution in [2.75, 3.05) is 11.9 Å². The first kappa shape index (κ1) is 21.6. The lowest BCUT2D eigenvalue weighted by molar-refractivity contribution is -0.170. The van der Waals surface area contributed by atoms with Gasteiger partial charge in [-0.3, -0.25) is 5.01 Å². The largest absolute Gasteiger partial charge is 0.405 e. The number of nitrogens with two attached hydrogens (primary N) is 1. The number of allylic oxidation sites excluding steroid dienone is 1. The lowest BCUT2D eigenvalue weighted by Crippen LogP contribution is -2.40. The van der Waals surface area contributed by atoms with E-state index < -0.39 is 24.4 Å². The molecule has 2 aromatic rings. The van der Waals surface area contributed by atoms with E-state index in [0.29, 0.717) is 11.4 Å². The van der Waals surface area contributed by atoms with Gasteiger partial charge in [0.2, 0.25) is 0 Å². The van der Waals surface area contributed by atoms with Crippen LogP contribution in [-0.4, -0.2) is 51.5 Å². The SMILES string of the molecule is Cc1ccc(N[C@H](O)C2C[C@@H](C(F)(F)F)CN2/N=C\C=C/N)cc1-c1cccnn1. The van der Waals surface area contributed by atoms with Crippen LogP contribution in [-0.2, 0) is 0 Å². The Morgan fingerprint density at radius 1 is 1.37 bits per heavy atom. The van der Waals surface area contributed by atoms with Crippen molar-refractivity contribution in [3.63, 3.8) is 0 Å². The molecule has 4 N–H and O–H groups in total. The molecule has 10 heteroatoms.